The lowest BCUT2D eigenvalue weighted by molar-refractivity contribution is -0.140. The summed E-state index contributed by atoms with van der Waals surface area (Å²) in [4.78, 5) is 28.8. The predicted octanol–water partition coefficient (Wildman–Crippen LogP) is 3.90. The lowest BCUT2D eigenvalue weighted by Gasteiger charge is -2.33. The Hall–Kier alpha value is -3.76. The van der Waals surface area contributed by atoms with Gasteiger partial charge in [-0.25, -0.2) is 8.42 Å². The van der Waals surface area contributed by atoms with E-state index >= 15 is 0 Å². The van der Waals surface area contributed by atoms with Gasteiger partial charge < -0.3 is 19.7 Å². The smallest absolute Gasteiger partial charge is 0.244 e. The van der Waals surface area contributed by atoms with Crippen LogP contribution in [0, 0.1) is 0 Å². The van der Waals surface area contributed by atoms with Crippen molar-refractivity contribution >= 4 is 39.1 Å². The van der Waals surface area contributed by atoms with Gasteiger partial charge in [0, 0.05) is 30.6 Å². The summed E-state index contributed by atoms with van der Waals surface area (Å²) >= 11 is 6.44. The first-order valence-electron chi connectivity index (χ1n) is 12.6. The number of carbonyl (C=O) groups is 2. The molecular weight excluding hydrogens is 554 g/mol. The standard InChI is InChI=1S/C29H34ClN3O6S/c1-5-31-29(35)25(17-21-11-7-6-8-12-21)32(19-22-13-9-10-14-24(22)30)28(34)20-33(40(4,36)37)23-15-16-26(38-2)27(18-23)39-3/h6-16,18,25H,5,17,19-20H2,1-4H3,(H,31,35)/t25-/m0/s1. The Balaban J connectivity index is 2.07. The number of halogens is 1. The lowest BCUT2D eigenvalue weighted by atomic mass is 10.0. The van der Waals surface area contributed by atoms with Crippen molar-refractivity contribution < 1.29 is 27.5 Å². The van der Waals surface area contributed by atoms with E-state index in [4.69, 9.17) is 21.1 Å². The van der Waals surface area contributed by atoms with Crippen molar-refractivity contribution in [2.75, 3.05) is 37.9 Å². The monoisotopic (exact) mass is 587 g/mol. The summed E-state index contributed by atoms with van der Waals surface area (Å²) in [5, 5.41) is 3.24. The van der Waals surface area contributed by atoms with Crippen LogP contribution in [0.4, 0.5) is 5.69 Å². The summed E-state index contributed by atoms with van der Waals surface area (Å²) in [6.45, 7) is 1.60. The molecule has 0 heterocycles. The summed E-state index contributed by atoms with van der Waals surface area (Å²) in [6, 6.07) is 20.0. The van der Waals surface area contributed by atoms with Gasteiger partial charge in [0.15, 0.2) is 11.5 Å². The molecule has 0 aliphatic carbocycles. The van der Waals surface area contributed by atoms with Gasteiger partial charge >= 0.3 is 0 Å². The molecule has 0 saturated carbocycles. The Kier molecular flexibility index (Phi) is 10.8. The minimum Gasteiger partial charge on any atom is -0.493 e. The van der Waals surface area contributed by atoms with Crippen LogP contribution >= 0.6 is 11.6 Å². The van der Waals surface area contributed by atoms with Crippen molar-refractivity contribution in [2.45, 2.75) is 25.9 Å². The van der Waals surface area contributed by atoms with Gasteiger partial charge in [-0.3, -0.25) is 13.9 Å². The number of benzene rings is 3. The Morgan fingerprint density at radius 2 is 1.60 bits per heavy atom. The van der Waals surface area contributed by atoms with Crippen molar-refractivity contribution in [3.63, 3.8) is 0 Å². The van der Waals surface area contributed by atoms with Crippen molar-refractivity contribution in [1.29, 1.82) is 0 Å². The van der Waals surface area contributed by atoms with Crippen LogP contribution in [0.1, 0.15) is 18.1 Å². The molecule has 9 nitrogen and oxygen atoms in total. The number of amides is 2. The maximum atomic E-state index is 14.0. The van der Waals surface area contributed by atoms with Gasteiger partial charge in [-0.2, -0.15) is 0 Å². The molecule has 1 N–H and O–H groups in total. The molecule has 3 rings (SSSR count). The third kappa shape index (κ3) is 7.89. The number of likely N-dealkylation sites (N-methyl/N-ethyl adjacent to an activating group) is 1. The molecule has 3 aromatic rings. The number of rotatable bonds is 13. The molecule has 214 valence electrons. The molecule has 0 spiro atoms. The van der Waals surface area contributed by atoms with Gasteiger partial charge in [-0.15, -0.1) is 0 Å². The highest BCUT2D eigenvalue weighted by Crippen LogP contribution is 2.32. The number of nitrogens with one attached hydrogen (secondary N) is 1. The first-order chi connectivity index (χ1) is 19.1. The fourth-order valence-electron chi connectivity index (χ4n) is 4.25. The Morgan fingerprint density at radius 1 is 0.950 bits per heavy atom. The number of hydrogen-bond acceptors (Lipinski definition) is 6. The van der Waals surface area contributed by atoms with Crippen molar-refractivity contribution in [1.82, 2.24) is 10.2 Å². The number of methoxy groups -OCH3 is 2. The third-order valence-corrected chi connectivity index (χ3v) is 7.76. The zero-order valence-corrected chi connectivity index (χ0v) is 24.5. The molecule has 0 aliphatic heterocycles. The summed E-state index contributed by atoms with van der Waals surface area (Å²) in [5.41, 5.74) is 1.68. The molecule has 3 aromatic carbocycles. The van der Waals surface area contributed by atoms with E-state index in [2.05, 4.69) is 5.32 Å². The number of ether oxygens (including phenoxy) is 2. The second-order valence-electron chi connectivity index (χ2n) is 9.02. The number of carbonyl (C=O) groups excluding carboxylic acids is 2. The van der Waals surface area contributed by atoms with Crippen LogP contribution < -0.4 is 19.1 Å². The zero-order valence-electron chi connectivity index (χ0n) is 23.0. The number of nitrogens with zero attached hydrogens (tertiary/aromatic N) is 2. The molecule has 0 saturated heterocycles. The average molecular weight is 588 g/mol. The van der Waals surface area contributed by atoms with Crippen LogP contribution in [0.2, 0.25) is 5.02 Å². The predicted molar refractivity (Wildman–Crippen MR) is 156 cm³/mol. The molecule has 11 heteroatoms. The Labute approximate surface area is 240 Å². The molecule has 1 atom stereocenters. The Bertz CT molecular complexity index is 1420. The second kappa shape index (κ2) is 14.0. The molecule has 40 heavy (non-hydrogen) atoms. The van der Waals surface area contributed by atoms with E-state index in [0.717, 1.165) is 16.1 Å². The second-order valence-corrected chi connectivity index (χ2v) is 11.3. The van der Waals surface area contributed by atoms with Crippen LogP contribution in [0.15, 0.2) is 72.8 Å². The van der Waals surface area contributed by atoms with Crippen molar-refractivity contribution in [3.05, 3.63) is 88.9 Å². The van der Waals surface area contributed by atoms with Crippen LogP contribution in [0.25, 0.3) is 0 Å². The number of hydrogen-bond donors (Lipinski definition) is 1. The van der Waals surface area contributed by atoms with E-state index in [-0.39, 0.29) is 24.6 Å². The molecular formula is C29H34ClN3O6S. The largest absolute Gasteiger partial charge is 0.493 e. The average Bonchev–Trinajstić information content (AvgIpc) is 2.94. The SMILES string of the molecule is CCNC(=O)[C@H](Cc1ccccc1)N(Cc1ccccc1Cl)C(=O)CN(c1ccc(OC)c(OC)c1)S(C)(=O)=O. The topological polar surface area (TPSA) is 105 Å². The Morgan fingerprint density at radius 3 is 2.20 bits per heavy atom. The van der Waals surface area contributed by atoms with Crippen LogP contribution in [-0.4, -0.2) is 64.7 Å². The van der Waals surface area contributed by atoms with E-state index in [9.17, 15) is 18.0 Å². The maximum Gasteiger partial charge on any atom is 0.244 e. The van der Waals surface area contributed by atoms with E-state index in [1.807, 2.05) is 30.3 Å². The molecule has 0 radical (unpaired) electrons. The maximum absolute atomic E-state index is 14.0. The molecule has 0 aliphatic rings. The lowest BCUT2D eigenvalue weighted by Crippen LogP contribution is -2.53. The first kappa shape index (κ1) is 30.8. The van der Waals surface area contributed by atoms with Crippen molar-refractivity contribution in [3.8, 4) is 11.5 Å². The minimum absolute atomic E-state index is 0.00330. The molecule has 0 fully saturated rings. The van der Waals surface area contributed by atoms with E-state index in [0.29, 0.717) is 28.6 Å². The highest BCUT2D eigenvalue weighted by Gasteiger charge is 2.33. The highest BCUT2D eigenvalue weighted by atomic mass is 35.5. The summed E-state index contributed by atoms with van der Waals surface area (Å²) in [5.74, 6) is -0.222. The van der Waals surface area contributed by atoms with Gasteiger partial charge in [-0.1, -0.05) is 60.1 Å². The molecule has 0 aromatic heterocycles. The highest BCUT2D eigenvalue weighted by molar-refractivity contribution is 7.92. The minimum atomic E-state index is -3.92. The first-order valence-corrected chi connectivity index (χ1v) is 14.9. The van der Waals surface area contributed by atoms with Crippen LogP contribution in [-0.2, 0) is 32.6 Å². The van der Waals surface area contributed by atoms with E-state index < -0.39 is 28.5 Å². The summed E-state index contributed by atoms with van der Waals surface area (Å²) in [7, 11) is -1.02. The van der Waals surface area contributed by atoms with Gasteiger partial charge in [0.25, 0.3) is 0 Å². The molecule has 0 bridgehead atoms. The molecule has 0 unspecified atom stereocenters. The van der Waals surface area contributed by atoms with E-state index in [1.54, 1.807) is 37.3 Å². The van der Waals surface area contributed by atoms with Gasteiger partial charge in [0.2, 0.25) is 21.8 Å². The fraction of sp³-hybridized carbons (Fsp3) is 0.310. The number of anilines is 1. The summed E-state index contributed by atoms with van der Waals surface area (Å²) in [6.07, 6.45) is 1.23. The zero-order chi connectivity index (χ0) is 29.3. The fourth-order valence-corrected chi connectivity index (χ4v) is 5.29. The van der Waals surface area contributed by atoms with Crippen molar-refractivity contribution in [2.24, 2.45) is 0 Å². The molecule has 2 amide bonds. The van der Waals surface area contributed by atoms with Gasteiger partial charge in [0.05, 0.1) is 26.2 Å². The van der Waals surface area contributed by atoms with Crippen LogP contribution in [0.5, 0.6) is 11.5 Å². The van der Waals surface area contributed by atoms with Gasteiger partial charge in [0.1, 0.15) is 12.6 Å². The third-order valence-electron chi connectivity index (χ3n) is 6.25. The quantitative estimate of drug-likeness (QED) is 0.325. The summed E-state index contributed by atoms with van der Waals surface area (Å²) < 4.78 is 37.5. The number of sulfonamides is 1. The van der Waals surface area contributed by atoms with Gasteiger partial charge in [-0.05, 0) is 36.2 Å². The van der Waals surface area contributed by atoms with Crippen LogP contribution in [0.3, 0.4) is 0 Å². The normalized spacial score (nSPS) is 11.8. The van der Waals surface area contributed by atoms with E-state index in [1.165, 1.54) is 31.3 Å².